The lowest BCUT2D eigenvalue weighted by molar-refractivity contribution is -0.116. The van der Waals surface area contributed by atoms with Crippen molar-refractivity contribution in [1.29, 1.82) is 0 Å². The fourth-order valence-electron chi connectivity index (χ4n) is 2.53. The second-order valence-corrected chi connectivity index (χ2v) is 7.78. The van der Waals surface area contributed by atoms with Crippen LogP contribution >= 0.6 is 31.9 Å². The third-order valence-corrected chi connectivity index (χ3v) is 4.97. The third-order valence-electron chi connectivity index (χ3n) is 3.91. The van der Waals surface area contributed by atoms with Crippen molar-refractivity contribution in [3.63, 3.8) is 0 Å². The summed E-state index contributed by atoms with van der Waals surface area (Å²) in [7, 11) is 0. The summed E-state index contributed by atoms with van der Waals surface area (Å²) in [6, 6.07) is 18.3. The quantitative estimate of drug-likeness (QED) is 0.536. The minimum absolute atomic E-state index is 0.0885. The Bertz CT molecular complexity index is 983. The molecule has 0 unspecified atom stereocenters. The molecular weight excluding hydrogens is 474 g/mol. The van der Waals surface area contributed by atoms with Crippen LogP contribution < -0.4 is 10.9 Å². The van der Waals surface area contributed by atoms with Crippen LogP contribution in [-0.4, -0.2) is 15.7 Å². The van der Waals surface area contributed by atoms with Gasteiger partial charge in [-0.05, 0) is 48.9 Å². The number of carbonyl (C=O) groups is 1. The van der Waals surface area contributed by atoms with Gasteiger partial charge in [0, 0.05) is 39.2 Å². The van der Waals surface area contributed by atoms with Gasteiger partial charge in [-0.3, -0.25) is 9.59 Å². The van der Waals surface area contributed by atoms with E-state index < -0.39 is 0 Å². The van der Waals surface area contributed by atoms with E-state index in [2.05, 4.69) is 42.3 Å². The van der Waals surface area contributed by atoms with E-state index in [1.807, 2.05) is 48.5 Å². The molecule has 0 saturated carbocycles. The zero-order valence-corrected chi connectivity index (χ0v) is 17.5. The molecule has 1 amide bonds. The summed E-state index contributed by atoms with van der Waals surface area (Å²) in [4.78, 5) is 24.1. The first-order valence-electron chi connectivity index (χ1n) is 8.41. The molecule has 0 saturated heterocycles. The molecule has 0 aliphatic heterocycles. The molecule has 0 aliphatic carbocycles. The van der Waals surface area contributed by atoms with E-state index >= 15 is 0 Å². The van der Waals surface area contributed by atoms with Crippen molar-refractivity contribution in [2.75, 3.05) is 5.32 Å². The van der Waals surface area contributed by atoms with Crippen molar-refractivity contribution in [2.24, 2.45) is 0 Å². The number of aryl methyl sites for hydroxylation is 1. The van der Waals surface area contributed by atoms with E-state index in [4.69, 9.17) is 0 Å². The Hall–Kier alpha value is -2.25. The normalized spacial score (nSPS) is 10.6. The minimum atomic E-state index is -0.177. The van der Waals surface area contributed by atoms with Gasteiger partial charge in [0.15, 0.2) is 0 Å². The van der Waals surface area contributed by atoms with E-state index in [1.54, 1.807) is 6.07 Å². The average Bonchev–Trinajstić information content (AvgIpc) is 2.66. The summed E-state index contributed by atoms with van der Waals surface area (Å²) in [5.41, 5.74) is 2.22. The predicted octanol–water partition coefficient (Wildman–Crippen LogP) is 4.85. The average molecular weight is 491 g/mol. The van der Waals surface area contributed by atoms with Gasteiger partial charge in [-0.25, -0.2) is 4.68 Å². The molecule has 3 aromatic rings. The standard InChI is InChI=1S/C20H17Br2N3O2/c21-15-5-3-14(4-6-15)18-11-12-20(27)25(24-18)13-1-2-19(26)23-17-9-7-16(22)8-10-17/h3-12H,1-2,13H2,(H,23,26). The van der Waals surface area contributed by atoms with Crippen molar-refractivity contribution in [3.05, 3.63) is 80.0 Å². The maximum Gasteiger partial charge on any atom is 0.266 e. The minimum Gasteiger partial charge on any atom is -0.326 e. The molecule has 1 aromatic heterocycles. The molecule has 3 rings (SSSR count). The largest absolute Gasteiger partial charge is 0.326 e. The van der Waals surface area contributed by atoms with Crippen molar-refractivity contribution < 1.29 is 4.79 Å². The van der Waals surface area contributed by atoms with Gasteiger partial charge in [0.2, 0.25) is 5.91 Å². The monoisotopic (exact) mass is 489 g/mol. The van der Waals surface area contributed by atoms with Gasteiger partial charge in [-0.15, -0.1) is 0 Å². The molecule has 0 fully saturated rings. The number of hydrogen-bond acceptors (Lipinski definition) is 3. The number of benzene rings is 2. The molecule has 0 atom stereocenters. The molecule has 1 N–H and O–H groups in total. The number of hydrogen-bond donors (Lipinski definition) is 1. The molecule has 138 valence electrons. The Morgan fingerprint density at radius 3 is 2.22 bits per heavy atom. The molecule has 27 heavy (non-hydrogen) atoms. The number of anilines is 1. The summed E-state index contributed by atoms with van der Waals surface area (Å²) >= 11 is 6.76. The van der Waals surface area contributed by atoms with Crippen LogP contribution in [0.15, 0.2) is 74.4 Å². The van der Waals surface area contributed by atoms with Crippen LogP contribution in [-0.2, 0) is 11.3 Å². The first-order valence-corrected chi connectivity index (χ1v) is 9.99. The number of rotatable bonds is 6. The SMILES string of the molecule is O=C(CCCn1nc(-c2ccc(Br)cc2)ccc1=O)Nc1ccc(Br)cc1. The highest BCUT2D eigenvalue weighted by Gasteiger charge is 2.06. The van der Waals surface area contributed by atoms with Gasteiger partial charge in [0.25, 0.3) is 5.56 Å². The molecule has 5 nitrogen and oxygen atoms in total. The second kappa shape index (κ2) is 9.10. The first kappa shape index (κ1) is 19.5. The maximum atomic E-state index is 12.1. The van der Waals surface area contributed by atoms with Gasteiger partial charge in [0.05, 0.1) is 5.69 Å². The summed E-state index contributed by atoms with van der Waals surface area (Å²) in [5.74, 6) is -0.0885. The lowest BCUT2D eigenvalue weighted by Crippen LogP contribution is -2.23. The summed E-state index contributed by atoms with van der Waals surface area (Å²) in [6.07, 6.45) is 0.839. The molecule has 0 spiro atoms. The zero-order valence-electron chi connectivity index (χ0n) is 14.4. The van der Waals surface area contributed by atoms with Crippen LogP contribution in [0.25, 0.3) is 11.3 Å². The Labute approximate surface area is 173 Å². The molecule has 2 aromatic carbocycles. The van der Waals surface area contributed by atoms with Crippen LogP contribution in [0.5, 0.6) is 0 Å². The number of nitrogens with one attached hydrogen (secondary N) is 1. The van der Waals surface area contributed by atoms with Crippen molar-refractivity contribution in [2.45, 2.75) is 19.4 Å². The maximum absolute atomic E-state index is 12.1. The fraction of sp³-hybridized carbons (Fsp3) is 0.150. The third kappa shape index (κ3) is 5.61. The van der Waals surface area contributed by atoms with E-state index in [-0.39, 0.29) is 11.5 Å². The summed E-state index contributed by atoms with van der Waals surface area (Å²) in [5, 5.41) is 7.26. The molecular formula is C20H17Br2N3O2. The lowest BCUT2D eigenvalue weighted by Gasteiger charge is -2.08. The lowest BCUT2D eigenvalue weighted by atomic mass is 10.1. The van der Waals surface area contributed by atoms with Crippen molar-refractivity contribution >= 4 is 43.5 Å². The Balaban J connectivity index is 1.59. The smallest absolute Gasteiger partial charge is 0.266 e. The topological polar surface area (TPSA) is 64.0 Å². The first-order chi connectivity index (χ1) is 13.0. The molecule has 0 bridgehead atoms. The van der Waals surface area contributed by atoms with Crippen LogP contribution in [0.4, 0.5) is 5.69 Å². The molecule has 0 radical (unpaired) electrons. The Morgan fingerprint density at radius 2 is 1.56 bits per heavy atom. The fourth-order valence-corrected chi connectivity index (χ4v) is 3.06. The van der Waals surface area contributed by atoms with Gasteiger partial charge < -0.3 is 5.32 Å². The van der Waals surface area contributed by atoms with Crippen molar-refractivity contribution in [1.82, 2.24) is 9.78 Å². The van der Waals surface area contributed by atoms with E-state index in [9.17, 15) is 9.59 Å². The number of amides is 1. The summed E-state index contributed by atoms with van der Waals surface area (Å²) in [6.45, 7) is 0.386. The predicted molar refractivity (Wildman–Crippen MR) is 114 cm³/mol. The van der Waals surface area contributed by atoms with Crippen LogP contribution in [0.2, 0.25) is 0 Å². The van der Waals surface area contributed by atoms with E-state index in [0.29, 0.717) is 19.4 Å². The molecule has 1 heterocycles. The van der Waals surface area contributed by atoms with Crippen LogP contribution in [0.3, 0.4) is 0 Å². The van der Waals surface area contributed by atoms with Crippen molar-refractivity contribution in [3.8, 4) is 11.3 Å². The number of nitrogens with zero attached hydrogens (tertiary/aromatic N) is 2. The highest BCUT2D eigenvalue weighted by atomic mass is 79.9. The van der Waals surface area contributed by atoms with Gasteiger partial charge in [0.1, 0.15) is 0 Å². The van der Waals surface area contributed by atoms with E-state index in [0.717, 1.165) is 25.9 Å². The second-order valence-electron chi connectivity index (χ2n) is 5.95. The highest BCUT2D eigenvalue weighted by molar-refractivity contribution is 9.10. The van der Waals surface area contributed by atoms with Crippen LogP contribution in [0, 0.1) is 0 Å². The molecule has 7 heteroatoms. The van der Waals surface area contributed by atoms with Crippen LogP contribution in [0.1, 0.15) is 12.8 Å². The van der Waals surface area contributed by atoms with E-state index in [1.165, 1.54) is 10.7 Å². The summed E-state index contributed by atoms with van der Waals surface area (Å²) < 4.78 is 3.34. The van der Waals surface area contributed by atoms with Gasteiger partial charge >= 0.3 is 0 Å². The number of aromatic nitrogens is 2. The van der Waals surface area contributed by atoms with Gasteiger partial charge in [-0.2, -0.15) is 5.10 Å². The Kier molecular flexibility index (Phi) is 6.58. The number of carbonyl (C=O) groups excluding carboxylic acids is 1. The molecule has 0 aliphatic rings. The zero-order chi connectivity index (χ0) is 19.2. The highest BCUT2D eigenvalue weighted by Crippen LogP contribution is 2.19. The number of halogens is 2. The Morgan fingerprint density at radius 1 is 0.926 bits per heavy atom. The van der Waals surface area contributed by atoms with Gasteiger partial charge in [-0.1, -0.05) is 44.0 Å².